The molecule has 180 valence electrons. The number of thioether (sulfide) groups is 1. The van der Waals surface area contributed by atoms with Crippen LogP contribution in [0.4, 0.5) is 0 Å². The van der Waals surface area contributed by atoms with Crippen LogP contribution in [0.5, 0.6) is 0 Å². The Labute approximate surface area is 226 Å². The first-order valence-corrected chi connectivity index (χ1v) is 13.6. The number of benzene rings is 3. The van der Waals surface area contributed by atoms with Crippen molar-refractivity contribution >= 4 is 51.9 Å². The highest BCUT2D eigenvalue weighted by Gasteiger charge is 2.41. The monoisotopic (exact) mass is 529 g/mol. The van der Waals surface area contributed by atoms with E-state index in [9.17, 15) is 0 Å². The molecule has 3 heterocycles. The van der Waals surface area contributed by atoms with Gasteiger partial charge in [0.2, 0.25) is 0 Å². The maximum Gasteiger partial charge on any atom is 0.174 e. The van der Waals surface area contributed by atoms with Crippen molar-refractivity contribution in [2.45, 2.75) is 13.0 Å². The van der Waals surface area contributed by atoms with E-state index in [4.69, 9.17) is 28.2 Å². The quantitative estimate of drug-likeness (QED) is 0.342. The predicted molar refractivity (Wildman–Crippen MR) is 154 cm³/mol. The van der Waals surface area contributed by atoms with Crippen LogP contribution >= 0.6 is 35.0 Å². The molecule has 3 aromatic rings. The molecule has 0 bridgehead atoms. The second-order valence-electron chi connectivity index (χ2n) is 9.41. The van der Waals surface area contributed by atoms with Gasteiger partial charge < -0.3 is 4.90 Å². The number of amidine groups is 1. The van der Waals surface area contributed by atoms with E-state index < -0.39 is 0 Å². The molecule has 0 aliphatic carbocycles. The molecular weight excluding hydrogens is 505 g/mol. The van der Waals surface area contributed by atoms with Gasteiger partial charge in [-0.1, -0.05) is 101 Å². The SMILES string of the molecule is Cc1ccc(C2=CSC3=NC4=C(CN(C)C/C4=C\c4ccccc4Cl)[C@@H](c4ccccc4Cl)N23)cc1. The summed E-state index contributed by atoms with van der Waals surface area (Å²) in [5.74, 6) is 0. The fourth-order valence-electron chi connectivity index (χ4n) is 5.11. The number of hydrogen-bond acceptors (Lipinski definition) is 4. The molecule has 0 saturated heterocycles. The van der Waals surface area contributed by atoms with Crippen molar-refractivity contribution in [1.82, 2.24) is 9.80 Å². The Morgan fingerprint density at radius 1 is 0.917 bits per heavy atom. The molecule has 6 heteroatoms. The third-order valence-electron chi connectivity index (χ3n) is 6.81. The van der Waals surface area contributed by atoms with Gasteiger partial charge in [-0.3, -0.25) is 4.90 Å². The summed E-state index contributed by atoms with van der Waals surface area (Å²) < 4.78 is 0. The van der Waals surface area contributed by atoms with Crippen LogP contribution in [0, 0.1) is 6.92 Å². The molecule has 3 aromatic carbocycles. The van der Waals surface area contributed by atoms with Crippen LogP contribution in [0.25, 0.3) is 11.8 Å². The Kier molecular flexibility index (Phi) is 6.30. The largest absolute Gasteiger partial charge is 0.308 e. The molecule has 6 rings (SSSR count). The summed E-state index contributed by atoms with van der Waals surface area (Å²) >= 11 is 15.1. The molecule has 3 aliphatic heterocycles. The molecule has 36 heavy (non-hydrogen) atoms. The van der Waals surface area contributed by atoms with Gasteiger partial charge in [0.15, 0.2) is 5.17 Å². The average molecular weight is 531 g/mol. The van der Waals surface area contributed by atoms with Crippen LogP contribution in [0.15, 0.2) is 100 Å². The number of aryl methyl sites for hydroxylation is 1. The van der Waals surface area contributed by atoms with Crippen LogP contribution in [0.3, 0.4) is 0 Å². The standard InChI is InChI=1S/C30H25Cl2N3S/c1-19-11-13-20(14-12-19)27-18-36-30-33-28-22(15-21-7-3-5-9-25(21)31)16-34(2)17-24(28)29(35(27)30)23-8-4-6-10-26(23)32/h3-15,18,29H,16-17H2,1-2H3/b22-15+/t29-/m1/s1. The van der Waals surface area contributed by atoms with Gasteiger partial charge >= 0.3 is 0 Å². The fraction of sp³-hybridized carbons (Fsp3) is 0.167. The predicted octanol–water partition coefficient (Wildman–Crippen LogP) is 8.04. The van der Waals surface area contributed by atoms with Crippen molar-refractivity contribution in [3.63, 3.8) is 0 Å². The highest BCUT2D eigenvalue weighted by Crippen LogP contribution is 2.50. The summed E-state index contributed by atoms with van der Waals surface area (Å²) in [7, 11) is 2.16. The molecule has 0 spiro atoms. The number of halogens is 2. The highest BCUT2D eigenvalue weighted by atomic mass is 35.5. The van der Waals surface area contributed by atoms with Crippen molar-refractivity contribution in [2.24, 2.45) is 4.99 Å². The van der Waals surface area contributed by atoms with Crippen molar-refractivity contribution < 1.29 is 0 Å². The molecule has 0 fully saturated rings. The first kappa shape index (κ1) is 23.6. The van der Waals surface area contributed by atoms with E-state index in [1.807, 2.05) is 30.3 Å². The minimum atomic E-state index is -0.0545. The molecule has 3 nitrogen and oxygen atoms in total. The Hall–Kier alpha value is -2.76. The fourth-order valence-corrected chi connectivity index (χ4v) is 6.47. The average Bonchev–Trinajstić information content (AvgIpc) is 3.29. The molecule has 0 N–H and O–H groups in total. The van der Waals surface area contributed by atoms with E-state index in [1.165, 1.54) is 22.3 Å². The van der Waals surface area contributed by atoms with Crippen molar-refractivity contribution in [2.75, 3.05) is 20.1 Å². The lowest BCUT2D eigenvalue weighted by molar-refractivity contribution is 0.344. The van der Waals surface area contributed by atoms with E-state index in [2.05, 4.69) is 77.7 Å². The molecule has 0 amide bonds. The second kappa shape index (κ2) is 9.60. The van der Waals surface area contributed by atoms with E-state index in [0.717, 1.165) is 50.8 Å². The van der Waals surface area contributed by atoms with E-state index in [-0.39, 0.29) is 6.04 Å². The zero-order chi connectivity index (χ0) is 24.8. The van der Waals surface area contributed by atoms with Crippen LogP contribution in [0.2, 0.25) is 10.0 Å². The molecule has 0 saturated carbocycles. The number of rotatable bonds is 3. The number of fused-ring (bicyclic) bond motifs is 1. The zero-order valence-electron chi connectivity index (χ0n) is 20.1. The molecule has 0 radical (unpaired) electrons. The zero-order valence-corrected chi connectivity index (χ0v) is 22.4. The Balaban J connectivity index is 1.54. The van der Waals surface area contributed by atoms with Crippen molar-refractivity contribution in [3.05, 3.63) is 127 Å². The lowest BCUT2D eigenvalue weighted by Crippen LogP contribution is -2.40. The lowest BCUT2D eigenvalue weighted by Gasteiger charge is -2.42. The minimum Gasteiger partial charge on any atom is -0.308 e. The van der Waals surface area contributed by atoms with Crippen molar-refractivity contribution in [1.29, 1.82) is 0 Å². The number of aliphatic imine (C=N–C) groups is 1. The number of likely N-dealkylation sites (N-methyl/N-ethyl adjacent to an activating group) is 1. The summed E-state index contributed by atoms with van der Waals surface area (Å²) in [4.78, 5) is 9.96. The Morgan fingerprint density at radius 3 is 2.39 bits per heavy atom. The van der Waals surface area contributed by atoms with Gasteiger partial charge in [-0.2, -0.15) is 0 Å². The van der Waals surface area contributed by atoms with Gasteiger partial charge in [0.25, 0.3) is 0 Å². The summed E-state index contributed by atoms with van der Waals surface area (Å²) in [6, 6.07) is 24.8. The van der Waals surface area contributed by atoms with Gasteiger partial charge in [0.1, 0.15) is 0 Å². The van der Waals surface area contributed by atoms with E-state index in [1.54, 1.807) is 11.8 Å². The molecule has 0 aromatic heterocycles. The van der Waals surface area contributed by atoms with Crippen LogP contribution in [0.1, 0.15) is 28.3 Å². The minimum absolute atomic E-state index is 0.0545. The lowest BCUT2D eigenvalue weighted by atomic mass is 9.88. The summed E-state index contributed by atoms with van der Waals surface area (Å²) in [5, 5.41) is 4.70. The maximum atomic E-state index is 6.86. The summed E-state index contributed by atoms with van der Waals surface area (Å²) in [6.45, 7) is 3.73. The Morgan fingerprint density at radius 2 is 1.64 bits per heavy atom. The third-order valence-corrected chi connectivity index (χ3v) is 8.34. The van der Waals surface area contributed by atoms with Crippen LogP contribution < -0.4 is 0 Å². The molecule has 1 atom stereocenters. The smallest absolute Gasteiger partial charge is 0.174 e. The van der Waals surface area contributed by atoms with Gasteiger partial charge in [-0.15, -0.1) is 0 Å². The second-order valence-corrected chi connectivity index (χ2v) is 11.1. The topological polar surface area (TPSA) is 18.8 Å². The number of nitrogens with zero attached hydrogens (tertiary/aromatic N) is 3. The van der Waals surface area contributed by atoms with Gasteiger partial charge in [-0.05, 0) is 60.0 Å². The van der Waals surface area contributed by atoms with E-state index >= 15 is 0 Å². The summed E-state index contributed by atoms with van der Waals surface area (Å²) in [6.07, 6.45) is 2.19. The van der Waals surface area contributed by atoms with Crippen molar-refractivity contribution in [3.8, 4) is 0 Å². The molecule has 3 aliphatic rings. The normalized spacial score (nSPS) is 20.8. The van der Waals surface area contributed by atoms with E-state index in [0.29, 0.717) is 0 Å². The number of hydrogen-bond donors (Lipinski definition) is 0. The first-order chi connectivity index (χ1) is 17.5. The van der Waals surface area contributed by atoms with Gasteiger partial charge in [0, 0.05) is 28.5 Å². The first-order valence-electron chi connectivity index (χ1n) is 11.9. The Bertz CT molecular complexity index is 1470. The molecule has 0 unspecified atom stereocenters. The maximum absolute atomic E-state index is 6.86. The molecular formula is C30H25Cl2N3S. The highest BCUT2D eigenvalue weighted by molar-refractivity contribution is 8.16. The van der Waals surface area contributed by atoms with Gasteiger partial charge in [0.05, 0.1) is 17.4 Å². The van der Waals surface area contributed by atoms with Gasteiger partial charge in [-0.25, -0.2) is 4.99 Å². The summed E-state index contributed by atoms with van der Waals surface area (Å²) in [5.41, 5.74) is 9.14. The van der Waals surface area contributed by atoms with Crippen LogP contribution in [-0.4, -0.2) is 35.1 Å². The third kappa shape index (κ3) is 4.22. The van der Waals surface area contributed by atoms with Crippen LogP contribution in [-0.2, 0) is 0 Å².